The summed E-state index contributed by atoms with van der Waals surface area (Å²) < 4.78 is 1.67. The zero-order valence-electron chi connectivity index (χ0n) is 12.2. The van der Waals surface area contributed by atoms with Crippen molar-refractivity contribution in [2.75, 3.05) is 0 Å². The average Bonchev–Trinajstić information content (AvgIpc) is 2.78. The maximum Gasteiger partial charge on any atom is 0.267 e. The Morgan fingerprint density at radius 2 is 1.81 bits per heavy atom. The fourth-order valence-corrected chi connectivity index (χ4v) is 2.81. The lowest BCUT2D eigenvalue weighted by molar-refractivity contribution is 1.12. The lowest BCUT2D eigenvalue weighted by Crippen LogP contribution is -2.14. The largest absolute Gasteiger partial charge is 0.323 e. The first kappa shape index (κ1) is 12.1. The molecule has 0 saturated carbocycles. The molecule has 4 rings (SSSR count). The smallest absolute Gasteiger partial charge is 0.267 e. The number of nitrogens with zero attached hydrogens (tertiary/aromatic N) is 2. The van der Waals surface area contributed by atoms with Crippen LogP contribution in [0.25, 0.3) is 27.7 Å². The third kappa shape index (κ3) is 1.62. The number of H-pyrrole nitrogens is 1. The number of fused-ring (bicyclic) bond motifs is 4. The molecule has 4 heteroatoms. The van der Waals surface area contributed by atoms with E-state index in [1.165, 1.54) is 11.1 Å². The Kier molecular flexibility index (Phi) is 2.28. The third-order valence-corrected chi connectivity index (χ3v) is 4.12. The van der Waals surface area contributed by atoms with Crippen LogP contribution in [0.4, 0.5) is 0 Å². The summed E-state index contributed by atoms with van der Waals surface area (Å²) in [5.74, 6) is 0.594. The predicted octanol–water partition coefficient (Wildman–Crippen LogP) is 3.25. The van der Waals surface area contributed by atoms with Crippen molar-refractivity contribution in [3.8, 4) is 0 Å². The van der Waals surface area contributed by atoms with Crippen LogP contribution in [0.5, 0.6) is 0 Å². The van der Waals surface area contributed by atoms with Crippen molar-refractivity contribution in [3.63, 3.8) is 0 Å². The maximum absolute atomic E-state index is 12.8. The normalized spacial score (nSPS) is 11.8. The molecule has 4 aromatic rings. The van der Waals surface area contributed by atoms with Crippen LogP contribution in [0.15, 0.2) is 35.1 Å². The standard InChI is InChI=1S/C17H15N3O/c1-9-4-5-13-12(6-9)16(21)20-15-8-11(3)10(2)7-14(15)19-17(20)18-13/h4-8H,1-3H3,(H,18,19). The highest BCUT2D eigenvalue weighted by Gasteiger charge is 2.11. The van der Waals surface area contributed by atoms with Gasteiger partial charge in [0.05, 0.1) is 21.9 Å². The minimum atomic E-state index is -0.0202. The Morgan fingerprint density at radius 1 is 1.05 bits per heavy atom. The summed E-state index contributed by atoms with van der Waals surface area (Å²) in [6.07, 6.45) is 0. The molecule has 0 aliphatic carbocycles. The molecule has 2 heterocycles. The Balaban J connectivity index is 2.29. The quantitative estimate of drug-likeness (QED) is 0.536. The molecule has 0 amide bonds. The number of nitrogens with one attached hydrogen (secondary N) is 1. The minimum Gasteiger partial charge on any atom is -0.323 e. The van der Waals surface area contributed by atoms with Crippen LogP contribution in [0.1, 0.15) is 16.7 Å². The molecule has 21 heavy (non-hydrogen) atoms. The fraction of sp³-hybridized carbons (Fsp3) is 0.176. The summed E-state index contributed by atoms with van der Waals surface area (Å²) in [6, 6.07) is 9.88. The van der Waals surface area contributed by atoms with E-state index < -0.39 is 0 Å². The van der Waals surface area contributed by atoms with Gasteiger partial charge in [0.1, 0.15) is 0 Å². The molecule has 0 aliphatic heterocycles. The van der Waals surface area contributed by atoms with Crippen LogP contribution in [0.3, 0.4) is 0 Å². The van der Waals surface area contributed by atoms with E-state index in [0.717, 1.165) is 22.1 Å². The van der Waals surface area contributed by atoms with E-state index in [-0.39, 0.29) is 5.56 Å². The number of hydrogen-bond acceptors (Lipinski definition) is 2. The lowest BCUT2D eigenvalue weighted by atomic mass is 10.1. The molecular formula is C17H15N3O. The van der Waals surface area contributed by atoms with E-state index in [0.29, 0.717) is 11.2 Å². The zero-order chi connectivity index (χ0) is 14.7. The minimum absolute atomic E-state index is 0.0202. The van der Waals surface area contributed by atoms with E-state index in [1.807, 2.05) is 31.2 Å². The van der Waals surface area contributed by atoms with Crippen molar-refractivity contribution in [1.29, 1.82) is 0 Å². The van der Waals surface area contributed by atoms with Gasteiger partial charge in [0, 0.05) is 0 Å². The van der Waals surface area contributed by atoms with Crippen molar-refractivity contribution in [2.24, 2.45) is 0 Å². The third-order valence-electron chi connectivity index (χ3n) is 4.12. The van der Waals surface area contributed by atoms with Crippen LogP contribution >= 0.6 is 0 Å². The second-order valence-electron chi connectivity index (χ2n) is 5.68. The van der Waals surface area contributed by atoms with Crippen molar-refractivity contribution >= 4 is 27.7 Å². The van der Waals surface area contributed by atoms with Gasteiger partial charge in [-0.2, -0.15) is 0 Å². The van der Waals surface area contributed by atoms with Gasteiger partial charge in [0.25, 0.3) is 5.56 Å². The Bertz CT molecular complexity index is 1090. The highest BCUT2D eigenvalue weighted by Crippen LogP contribution is 2.20. The van der Waals surface area contributed by atoms with E-state index in [2.05, 4.69) is 29.9 Å². The summed E-state index contributed by atoms with van der Waals surface area (Å²) in [5, 5.41) is 0.659. The SMILES string of the molecule is Cc1ccc2nc3[nH]c4cc(C)c(C)cc4n3c(=O)c2c1. The van der Waals surface area contributed by atoms with Crippen molar-refractivity contribution in [1.82, 2.24) is 14.4 Å². The molecule has 0 spiro atoms. The second-order valence-corrected chi connectivity index (χ2v) is 5.68. The van der Waals surface area contributed by atoms with Gasteiger partial charge in [-0.25, -0.2) is 9.38 Å². The number of rotatable bonds is 0. The van der Waals surface area contributed by atoms with Crippen LogP contribution in [-0.4, -0.2) is 14.4 Å². The zero-order valence-corrected chi connectivity index (χ0v) is 12.2. The first-order chi connectivity index (χ1) is 10.0. The van der Waals surface area contributed by atoms with Gasteiger partial charge in [-0.3, -0.25) is 4.79 Å². The molecular weight excluding hydrogens is 262 g/mol. The molecule has 0 unspecified atom stereocenters. The monoisotopic (exact) mass is 277 g/mol. The van der Waals surface area contributed by atoms with Gasteiger partial charge < -0.3 is 4.98 Å². The van der Waals surface area contributed by atoms with Crippen LogP contribution in [0, 0.1) is 20.8 Å². The van der Waals surface area contributed by atoms with E-state index in [9.17, 15) is 4.79 Å². The molecule has 0 bridgehead atoms. The van der Waals surface area contributed by atoms with Gasteiger partial charge in [-0.15, -0.1) is 0 Å². The predicted molar refractivity (Wildman–Crippen MR) is 85.0 cm³/mol. The van der Waals surface area contributed by atoms with Crippen LogP contribution in [-0.2, 0) is 0 Å². The topological polar surface area (TPSA) is 50.2 Å². The first-order valence-electron chi connectivity index (χ1n) is 6.96. The van der Waals surface area contributed by atoms with E-state index >= 15 is 0 Å². The molecule has 1 N–H and O–H groups in total. The van der Waals surface area contributed by atoms with Gasteiger partial charge in [-0.1, -0.05) is 11.6 Å². The Labute approximate surface area is 121 Å². The Morgan fingerprint density at radius 3 is 2.62 bits per heavy atom. The highest BCUT2D eigenvalue weighted by molar-refractivity contribution is 5.86. The summed E-state index contributed by atoms with van der Waals surface area (Å²) in [5.41, 5.74) is 5.96. The van der Waals surface area contributed by atoms with E-state index in [4.69, 9.17) is 0 Å². The van der Waals surface area contributed by atoms with Gasteiger partial charge in [0.2, 0.25) is 5.78 Å². The van der Waals surface area contributed by atoms with Crippen molar-refractivity contribution in [3.05, 3.63) is 57.4 Å². The van der Waals surface area contributed by atoms with Gasteiger partial charge >= 0.3 is 0 Å². The molecule has 0 saturated heterocycles. The molecule has 4 nitrogen and oxygen atoms in total. The van der Waals surface area contributed by atoms with Crippen LogP contribution in [0.2, 0.25) is 0 Å². The fourth-order valence-electron chi connectivity index (χ4n) is 2.81. The number of hydrogen-bond donors (Lipinski definition) is 1. The van der Waals surface area contributed by atoms with Gasteiger partial charge in [0.15, 0.2) is 0 Å². The molecule has 2 aromatic carbocycles. The first-order valence-corrected chi connectivity index (χ1v) is 6.96. The summed E-state index contributed by atoms with van der Waals surface area (Å²) in [6.45, 7) is 6.10. The summed E-state index contributed by atoms with van der Waals surface area (Å²) in [7, 11) is 0. The molecule has 0 atom stereocenters. The summed E-state index contributed by atoms with van der Waals surface area (Å²) in [4.78, 5) is 20.6. The molecule has 0 aliphatic rings. The molecule has 2 aromatic heterocycles. The number of aromatic amines is 1. The maximum atomic E-state index is 12.8. The van der Waals surface area contributed by atoms with E-state index in [1.54, 1.807) is 4.40 Å². The van der Waals surface area contributed by atoms with Crippen molar-refractivity contribution in [2.45, 2.75) is 20.8 Å². The molecule has 0 fully saturated rings. The Hall–Kier alpha value is -2.62. The lowest BCUT2D eigenvalue weighted by Gasteiger charge is -2.02. The highest BCUT2D eigenvalue weighted by atomic mass is 16.1. The summed E-state index contributed by atoms with van der Waals surface area (Å²) >= 11 is 0. The average molecular weight is 277 g/mol. The number of imidazole rings is 1. The van der Waals surface area contributed by atoms with Crippen molar-refractivity contribution < 1.29 is 0 Å². The molecule has 104 valence electrons. The van der Waals surface area contributed by atoms with Gasteiger partial charge in [-0.05, 0) is 56.2 Å². The number of aryl methyl sites for hydroxylation is 3. The molecule has 0 radical (unpaired) electrons. The van der Waals surface area contributed by atoms with Crippen LogP contribution < -0.4 is 5.56 Å². The number of benzene rings is 2. The number of aromatic nitrogens is 3. The second kappa shape index (κ2) is 3.95.